The first kappa shape index (κ1) is 37.1. The van der Waals surface area contributed by atoms with Gasteiger partial charge in [-0.15, -0.1) is 0 Å². The fourth-order valence-corrected chi connectivity index (χ4v) is 3.23. The topological polar surface area (TPSA) is 59.0 Å². The molecule has 5 nitrogen and oxygen atoms in total. The molecule has 0 aromatic rings. The van der Waals surface area contributed by atoms with E-state index in [-0.39, 0.29) is 12.4 Å². The van der Waals surface area contributed by atoms with Gasteiger partial charge in [0.25, 0.3) is 0 Å². The first-order chi connectivity index (χ1) is 18.0. The summed E-state index contributed by atoms with van der Waals surface area (Å²) in [5.74, 6) is -0.740. The third kappa shape index (κ3) is 22.2. The Bertz CT molecular complexity index is 875. The van der Waals surface area contributed by atoms with Crippen LogP contribution in [0, 0.1) is 0 Å². The molecule has 0 bridgehead atoms. The lowest BCUT2D eigenvalue weighted by Crippen LogP contribution is -2.28. The van der Waals surface area contributed by atoms with Crippen LogP contribution in [0.15, 0.2) is 95.5 Å². The largest absolute Gasteiger partial charge is 0.483 e. The number of rotatable bonds is 14. The second-order valence-corrected chi connectivity index (χ2v) is 9.23. The highest BCUT2D eigenvalue weighted by molar-refractivity contribution is 5.68. The van der Waals surface area contributed by atoms with Gasteiger partial charge in [-0.05, 0) is 59.1 Å². The second-order valence-electron chi connectivity index (χ2n) is 9.23. The minimum absolute atomic E-state index is 0.275. The van der Waals surface area contributed by atoms with Gasteiger partial charge in [-0.1, -0.05) is 92.7 Å². The van der Waals surface area contributed by atoms with E-state index in [1.807, 2.05) is 0 Å². The van der Waals surface area contributed by atoms with Gasteiger partial charge in [0.1, 0.15) is 5.76 Å². The third-order valence-corrected chi connectivity index (χ3v) is 5.37. The predicted molar refractivity (Wildman–Crippen MR) is 164 cm³/mol. The predicted octanol–water partition coefficient (Wildman–Crippen LogP) is 8.57. The van der Waals surface area contributed by atoms with Gasteiger partial charge in [0, 0.05) is 32.3 Å². The van der Waals surface area contributed by atoms with Gasteiger partial charge in [0.15, 0.2) is 6.61 Å². The molecule has 0 heterocycles. The molecule has 1 aliphatic rings. The van der Waals surface area contributed by atoms with E-state index in [4.69, 9.17) is 9.84 Å². The molecule has 1 N–H and O–H groups in total. The van der Waals surface area contributed by atoms with Crippen molar-refractivity contribution in [3.63, 3.8) is 0 Å². The number of carbonyl (C=O) groups is 1. The van der Waals surface area contributed by atoms with E-state index in [1.54, 1.807) is 7.11 Å². The molecule has 0 aromatic carbocycles. The summed E-state index contributed by atoms with van der Waals surface area (Å²) in [4.78, 5) is 12.2. The van der Waals surface area contributed by atoms with E-state index in [0.29, 0.717) is 0 Å². The van der Waals surface area contributed by atoms with Crippen molar-refractivity contribution in [2.75, 3.05) is 33.4 Å². The van der Waals surface area contributed by atoms with E-state index in [9.17, 15) is 4.79 Å². The number of hydrogen-bond acceptors (Lipinski definition) is 4. The summed E-state index contributed by atoms with van der Waals surface area (Å²) < 4.78 is 9.78. The van der Waals surface area contributed by atoms with Gasteiger partial charge in [-0.3, -0.25) is 0 Å². The Balaban J connectivity index is 0. The smallest absolute Gasteiger partial charge is 0.341 e. The van der Waals surface area contributed by atoms with E-state index < -0.39 is 5.97 Å². The van der Waals surface area contributed by atoms with Crippen molar-refractivity contribution < 1.29 is 19.4 Å². The lowest BCUT2D eigenvalue weighted by molar-refractivity contribution is -0.140. The maximum atomic E-state index is 9.82. The summed E-state index contributed by atoms with van der Waals surface area (Å²) in [7, 11) is 1.76. The highest BCUT2D eigenvalue weighted by Gasteiger charge is 2.11. The summed E-state index contributed by atoms with van der Waals surface area (Å²) >= 11 is 0. The van der Waals surface area contributed by atoms with E-state index in [1.165, 1.54) is 46.9 Å². The fraction of sp³-hybridized carbons (Fsp3) is 0.485. The standard InChI is InChI=1S/C17H27NO.C10H18.C6H8O3/c1-5-8-16(3)14-18(11-12-19-4)17-10-7-6-9-15(2)13-17;1-5-10(6-2)8-7-9(3)4;1-3-5(2)9-4-6(7)8/h6-10H,5,11-14H2,1-4H3;7-8H,5-6H2,1-4H3;3H,1-2,4H2,(H,7,8)/b16-8+;;. The normalized spacial score (nSPS) is 12.2. The molecular weight excluding hydrogens is 474 g/mol. The highest BCUT2D eigenvalue weighted by atomic mass is 16.5. The molecule has 0 aliphatic heterocycles. The molecule has 0 saturated heterocycles. The van der Waals surface area contributed by atoms with Crippen molar-refractivity contribution in [2.24, 2.45) is 0 Å². The van der Waals surface area contributed by atoms with E-state index in [0.717, 1.165) is 32.5 Å². The zero-order valence-corrected chi connectivity index (χ0v) is 25.3. The number of hydrogen-bond donors (Lipinski definition) is 1. The minimum Gasteiger partial charge on any atom is -0.483 e. The van der Waals surface area contributed by atoms with Crippen molar-refractivity contribution in [2.45, 2.75) is 74.1 Å². The lowest BCUT2D eigenvalue weighted by atomic mass is 10.1. The zero-order chi connectivity index (χ0) is 29.3. The molecule has 5 heteroatoms. The lowest BCUT2D eigenvalue weighted by Gasteiger charge is -2.28. The van der Waals surface area contributed by atoms with Crippen LogP contribution in [0.5, 0.6) is 0 Å². The molecule has 0 radical (unpaired) electrons. The fourth-order valence-electron chi connectivity index (χ4n) is 3.23. The number of aliphatic carboxylic acids is 1. The van der Waals surface area contributed by atoms with Crippen LogP contribution < -0.4 is 0 Å². The molecule has 0 aromatic heterocycles. The molecule has 0 spiro atoms. The van der Waals surface area contributed by atoms with Crippen LogP contribution >= 0.6 is 0 Å². The van der Waals surface area contributed by atoms with Crippen LogP contribution in [0.2, 0.25) is 0 Å². The Morgan fingerprint density at radius 1 is 1.11 bits per heavy atom. The molecule has 0 fully saturated rings. The zero-order valence-electron chi connectivity index (χ0n) is 25.3. The third-order valence-electron chi connectivity index (χ3n) is 5.37. The summed E-state index contributed by atoms with van der Waals surface area (Å²) in [6.45, 7) is 24.2. The van der Waals surface area contributed by atoms with Crippen molar-refractivity contribution in [1.29, 1.82) is 0 Å². The Kier molecular flexibility index (Phi) is 23.7. The number of methoxy groups -OCH3 is 1. The van der Waals surface area contributed by atoms with E-state index in [2.05, 4.69) is 114 Å². The summed E-state index contributed by atoms with van der Waals surface area (Å²) in [6, 6.07) is 0. The van der Waals surface area contributed by atoms with Crippen molar-refractivity contribution in [3.8, 4) is 0 Å². The van der Waals surface area contributed by atoms with Gasteiger partial charge in [0.2, 0.25) is 0 Å². The van der Waals surface area contributed by atoms with Gasteiger partial charge in [-0.25, -0.2) is 4.79 Å². The number of allylic oxidation sites excluding steroid dienone is 11. The Labute approximate surface area is 233 Å². The molecular formula is C33H53NO4. The molecule has 0 amide bonds. The molecule has 0 saturated carbocycles. The summed E-state index contributed by atoms with van der Waals surface area (Å²) in [5.41, 5.74) is 7.11. The van der Waals surface area contributed by atoms with Gasteiger partial charge < -0.3 is 19.5 Å². The van der Waals surface area contributed by atoms with Gasteiger partial charge >= 0.3 is 5.97 Å². The maximum absolute atomic E-state index is 9.82. The highest BCUT2D eigenvalue weighted by Crippen LogP contribution is 2.19. The van der Waals surface area contributed by atoms with Crippen molar-refractivity contribution in [1.82, 2.24) is 4.90 Å². The minimum atomic E-state index is -1.02. The number of ether oxygens (including phenoxy) is 2. The van der Waals surface area contributed by atoms with Crippen molar-refractivity contribution >= 4 is 5.97 Å². The molecule has 1 aliphatic carbocycles. The quantitative estimate of drug-likeness (QED) is 0.139. The summed E-state index contributed by atoms with van der Waals surface area (Å²) in [5, 5.41) is 8.06. The monoisotopic (exact) mass is 527 g/mol. The molecule has 0 atom stereocenters. The van der Waals surface area contributed by atoms with Crippen LogP contribution in [0.1, 0.15) is 74.1 Å². The van der Waals surface area contributed by atoms with Crippen LogP contribution in [-0.2, 0) is 14.3 Å². The van der Waals surface area contributed by atoms with Crippen molar-refractivity contribution in [3.05, 3.63) is 95.5 Å². The van der Waals surface area contributed by atoms with Crippen LogP contribution in [-0.4, -0.2) is 49.4 Å². The molecule has 38 heavy (non-hydrogen) atoms. The van der Waals surface area contributed by atoms with Gasteiger partial charge in [0.05, 0.1) is 6.61 Å². The summed E-state index contributed by atoms with van der Waals surface area (Å²) in [6.07, 6.45) is 21.2. The number of nitrogens with zero attached hydrogens (tertiary/aromatic N) is 1. The Morgan fingerprint density at radius 2 is 1.74 bits per heavy atom. The number of carboxylic acid groups (broad SMARTS) is 1. The molecule has 214 valence electrons. The van der Waals surface area contributed by atoms with Crippen LogP contribution in [0.25, 0.3) is 0 Å². The second kappa shape index (κ2) is 24.3. The SMILES string of the molecule is C=CC(=C)OCC(=O)O.CC/C=C(\C)CN(CCOC)C1=CC=CC=C(C)C1.CCC(=CC=C(C)C)CC. The Hall–Kier alpha value is -3.05. The average Bonchev–Trinajstić information content (AvgIpc) is 3.10. The van der Waals surface area contributed by atoms with Crippen LogP contribution in [0.4, 0.5) is 0 Å². The average molecular weight is 528 g/mol. The van der Waals surface area contributed by atoms with Crippen LogP contribution in [0.3, 0.4) is 0 Å². The first-order valence-corrected chi connectivity index (χ1v) is 13.5. The Morgan fingerprint density at radius 3 is 2.24 bits per heavy atom. The number of carboxylic acids is 1. The van der Waals surface area contributed by atoms with Gasteiger partial charge in [-0.2, -0.15) is 0 Å². The molecule has 0 unspecified atom stereocenters. The van der Waals surface area contributed by atoms with E-state index >= 15 is 0 Å². The maximum Gasteiger partial charge on any atom is 0.341 e. The molecule has 1 rings (SSSR count). The first-order valence-electron chi connectivity index (χ1n) is 13.5.